The summed E-state index contributed by atoms with van der Waals surface area (Å²) in [5.74, 6) is 0.622. The minimum Gasteiger partial charge on any atom is -0.367 e. The number of unbranched alkanes of at least 4 members (excludes halogenated alkanes) is 1. The quantitative estimate of drug-likeness (QED) is 0.480. The first-order valence-corrected chi connectivity index (χ1v) is 8.42. The predicted molar refractivity (Wildman–Crippen MR) is 99.7 cm³/mol. The molecule has 0 aliphatic heterocycles. The van der Waals surface area contributed by atoms with Crippen molar-refractivity contribution in [1.82, 2.24) is 5.32 Å². The van der Waals surface area contributed by atoms with Crippen LogP contribution in [0.15, 0.2) is 49.1 Å². The van der Waals surface area contributed by atoms with E-state index in [1.165, 1.54) is 17.7 Å². The van der Waals surface area contributed by atoms with E-state index in [2.05, 4.69) is 67.1 Å². The van der Waals surface area contributed by atoms with Crippen LogP contribution in [0.25, 0.3) is 0 Å². The van der Waals surface area contributed by atoms with Gasteiger partial charge in [0.25, 0.3) is 0 Å². The normalized spacial score (nSPS) is 12.5. The monoisotopic (exact) mass is 300 g/mol. The third kappa shape index (κ3) is 6.48. The fourth-order valence-corrected chi connectivity index (χ4v) is 2.76. The Kier molecular flexibility index (Phi) is 9.33. The molecule has 122 valence electrons. The molecule has 0 bridgehead atoms. The molecule has 0 aliphatic carbocycles. The molecule has 22 heavy (non-hydrogen) atoms. The number of hydrogen-bond acceptors (Lipinski definition) is 2. The molecule has 1 atom stereocenters. The van der Waals surface area contributed by atoms with Crippen molar-refractivity contribution in [2.24, 2.45) is 5.92 Å². The number of para-hydroxylation sites is 1. The first-order chi connectivity index (χ1) is 10.7. The smallest absolute Gasteiger partial charge is 0.0401 e. The fraction of sp³-hybridized carbons (Fsp3) is 0.500. The van der Waals surface area contributed by atoms with Gasteiger partial charge in [-0.05, 0) is 57.3 Å². The van der Waals surface area contributed by atoms with Crippen LogP contribution in [-0.4, -0.2) is 26.7 Å². The summed E-state index contributed by atoms with van der Waals surface area (Å²) in [5, 5.41) is 3.28. The first kappa shape index (κ1) is 18.5. The Balaban J connectivity index is 2.89. The van der Waals surface area contributed by atoms with Crippen LogP contribution in [0.2, 0.25) is 0 Å². The van der Waals surface area contributed by atoms with E-state index in [9.17, 15) is 0 Å². The molecule has 0 radical (unpaired) electrons. The molecule has 0 aliphatic rings. The minimum atomic E-state index is 0.622. The van der Waals surface area contributed by atoms with Gasteiger partial charge in [0.05, 0.1) is 0 Å². The van der Waals surface area contributed by atoms with Gasteiger partial charge >= 0.3 is 0 Å². The minimum absolute atomic E-state index is 0.622. The van der Waals surface area contributed by atoms with Crippen LogP contribution in [-0.2, 0) is 6.42 Å². The summed E-state index contributed by atoms with van der Waals surface area (Å²) in [6.45, 7) is 11.3. The Labute approximate surface area is 136 Å². The number of allylic oxidation sites excluding steroid dienone is 2. The second-order valence-corrected chi connectivity index (χ2v) is 5.95. The molecule has 1 aromatic carbocycles. The topological polar surface area (TPSA) is 15.3 Å². The molecule has 2 nitrogen and oxygen atoms in total. The molecule has 0 saturated carbocycles. The van der Waals surface area contributed by atoms with E-state index in [4.69, 9.17) is 0 Å². The zero-order valence-corrected chi connectivity index (χ0v) is 14.5. The van der Waals surface area contributed by atoms with Gasteiger partial charge in [0, 0.05) is 18.8 Å². The van der Waals surface area contributed by atoms with Crippen LogP contribution < -0.4 is 10.2 Å². The van der Waals surface area contributed by atoms with E-state index in [0.29, 0.717) is 5.92 Å². The highest BCUT2D eigenvalue weighted by molar-refractivity contribution is 5.54. The molecule has 1 unspecified atom stereocenters. The molecule has 0 saturated heterocycles. The number of nitrogens with zero attached hydrogens (tertiary/aromatic N) is 1. The molecule has 0 amide bonds. The lowest BCUT2D eigenvalue weighted by atomic mass is 10.0. The van der Waals surface area contributed by atoms with Crippen molar-refractivity contribution < 1.29 is 0 Å². The standard InChI is InChI=1S/C20H32N2/c1-5-7-9-12-19-13-10-11-14-20(19)22(15-8-6-2)17-18(3)16-21-4/h5-6,8,10-11,13-14,18,21H,1,7,9,12,15-17H2,2-4H3/b8-6-. The summed E-state index contributed by atoms with van der Waals surface area (Å²) in [4.78, 5) is 2.51. The summed E-state index contributed by atoms with van der Waals surface area (Å²) < 4.78 is 0. The molecule has 0 heterocycles. The average Bonchev–Trinajstić information content (AvgIpc) is 2.52. The highest BCUT2D eigenvalue weighted by Crippen LogP contribution is 2.23. The van der Waals surface area contributed by atoms with Gasteiger partial charge in [-0.15, -0.1) is 6.58 Å². The highest BCUT2D eigenvalue weighted by Gasteiger charge is 2.12. The summed E-state index contributed by atoms with van der Waals surface area (Å²) in [5.41, 5.74) is 2.83. The van der Waals surface area contributed by atoms with E-state index in [1.807, 2.05) is 13.1 Å². The van der Waals surface area contributed by atoms with Gasteiger partial charge in [-0.3, -0.25) is 0 Å². The van der Waals surface area contributed by atoms with Gasteiger partial charge < -0.3 is 10.2 Å². The second kappa shape index (κ2) is 11.1. The predicted octanol–water partition coefficient (Wildman–Crippen LogP) is 4.43. The summed E-state index contributed by atoms with van der Waals surface area (Å²) >= 11 is 0. The third-order valence-corrected chi connectivity index (χ3v) is 3.83. The molecular formula is C20H32N2. The van der Waals surface area contributed by atoms with Crippen molar-refractivity contribution in [2.75, 3.05) is 31.6 Å². The zero-order chi connectivity index (χ0) is 16.2. The van der Waals surface area contributed by atoms with E-state index in [0.717, 1.165) is 32.5 Å². The second-order valence-electron chi connectivity index (χ2n) is 5.95. The van der Waals surface area contributed by atoms with Gasteiger partial charge in [0.2, 0.25) is 0 Å². The summed E-state index contributed by atoms with van der Waals surface area (Å²) in [6.07, 6.45) is 9.76. The average molecular weight is 300 g/mol. The molecule has 0 aromatic heterocycles. The van der Waals surface area contributed by atoms with Crippen LogP contribution in [0.5, 0.6) is 0 Å². The number of aryl methyl sites for hydroxylation is 1. The van der Waals surface area contributed by atoms with Crippen molar-refractivity contribution in [3.8, 4) is 0 Å². The third-order valence-electron chi connectivity index (χ3n) is 3.83. The Morgan fingerprint density at radius 3 is 2.77 bits per heavy atom. The Hall–Kier alpha value is -1.54. The van der Waals surface area contributed by atoms with Crippen molar-refractivity contribution in [1.29, 1.82) is 0 Å². The van der Waals surface area contributed by atoms with Gasteiger partial charge in [-0.2, -0.15) is 0 Å². The molecule has 1 N–H and O–H groups in total. The summed E-state index contributed by atoms with van der Waals surface area (Å²) in [7, 11) is 2.02. The van der Waals surface area contributed by atoms with Crippen molar-refractivity contribution in [3.05, 3.63) is 54.6 Å². The lowest BCUT2D eigenvalue weighted by Gasteiger charge is -2.29. The molecule has 0 fully saturated rings. The SMILES string of the molecule is C=CCCCc1ccccc1N(C/C=C\C)CC(C)CNC. The van der Waals surface area contributed by atoms with Crippen LogP contribution in [0.1, 0.15) is 32.3 Å². The Bertz CT molecular complexity index is 451. The maximum atomic E-state index is 3.82. The van der Waals surface area contributed by atoms with Crippen LogP contribution in [0.3, 0.4) is 0 Å². The summed E-state index contributed by atoms with van der Waals surface area (Å²) in [6, 6.07) is 8.83. The van der Waals surface area contributed by atoms with Gasteiger partial charge in [0.1, 0.15) is 0 Å². The molecule has 0 spiro atoms. The number of anilines is 1. The number of rotatable bonds is 11. The van der Waals surface area contributed by atoms with E-state index in [-0.39, 0.29) is 0 Å². The molecular weight excluding hydrogens is 268 g/mol. The van der Waals surface area contributed by atoms with Crippen LogP contribution >= 0.6 is 0 Å². The van der Waals surface area contributed by atoms with Gasteiger partial charge in [0.15, 0.2) is 0 Å². The molecule has 1 aromatic rings. The maximum absolute atomic E-state index is 3.82. The van der Waals surface area contributed by atoms with Gasteiger partial charge in [-0.1, -0.05) is 43.4 Å². The zero-order valence-electron chi connectivity index (χ0n) is 14.5. The molecule has 2 heteroatoms. The largest absolute Gasteiger partial charge is 0.367 e. The van der Waals surface area contributed by atoms with Gasteiger partial charge in [-0.25, -0.2) is 0 Å². The van der Waals surface area contributed by atoms with Crippen LogP contribution in [0, 0.1) is 5.92 Å². The van der Waals surface area contributed by atoms with E-state index >= 15 is 0 Å². The number of benzene rings is 1. The van der Waals surface area contributed by atoms with Crippen molar-refractivity contribution in [3.63, 3.8) is 0 Å². The van der Waals surface area contributed by atoms with E-state index < -0.39 is 0 Å². The van der Waals surface area contributed by atoms with E-state index in [1.54, 1.807) is 0 Å². The maximum Gasteiger partial charge on any atom is 0.0401 e. The van der Waals surface area contributed by atoms with Crippen LogP contribution in [0.4, 0.5) is 5.69 Å². The number of hydrogen-bond donors (Lipinski definition) is 1. The molecule has 1 rings (SSSR count). The lowest BCUT2D eigenvalue weighted by Crippen LogP contribution is -2.33. The Morgan fingerprint density at radius 1 is 1.32 bits per heavy atom. The fourth-order valence-electron chi connectivity index (χ4n) is 2.76. The highest BCUT2D eigenvalue weighted by atomic mass is 15.1. The lowest BCUT2D eigenvalue weighted by molar-refractivity contribution is 0.536. The van der Waals surface area contributed by atoms with Crippen molar-refractivity contribution >= 4 is 5.69 Å². The first-order valence-electron chi connectivity index (χ1n) is 8.42. The Morgan fingerprint density at radius 2 is 2.09 bits per heavy atom. The number of nitrogens with one attached hydrogen (secondary N) is 1. The van der Waals surface area contributed by atoms with Crippen molar-refractivity contribution in [2.45, 2.75) is 33.1 Å².